The summed E-state index contributed by atoms with van der Waals surface area (Å²) in [7, 11) is 4.29. The summed E-state index contributed by atoms with van der Waals surface area (Å²) < 4.78 is 34.5. The van der Waals surface area contributed by atoms with Crippen molar-refractivity contribution < 1.29 is 13.2 Å². The van der Waals surface area contributed by atoms with Gasteiger partial charge >= 0.3 is 12.1 Å². The molecule has 0 saturated carbocycles. The SMILES string of the molecule is CN1CCC(c2ccc3c(c2)n(C2CCN(C)CC2)c(=O)n3Cc2ccc(-c3nnc(C(F)F)o3)cn2)CC1. The van der Waals surface area contributed by atoms with Gasteiger partial charge in [0.2, 0.25) is 5.89 Å². The van der Waals surface area contributed by atoms with E-state index in [1.807, 2.05) is 4.57 Å². The van der Waals surface area contributed by atoms with E-state index in [0.29, 0.717) is 23.7 Å². The number of nitrogens with zero attached hydrogens (tertiary/aromatic N) is 7. The minimum Gasteiger partial charge on any atom is -0.415 e. The standard InChI is InChI=1S/C28H33F2N7O2/c1-34-11-7-18(8-12-34)19-4-6-23-24(15-19)37(22-9-13-35(2)14-10-22)28(38)36(23)17-21-5-3-20(16-31-21)26-32-33-27(39-26)25(29)30/h3-6,15-16,18,22,25H,7-14,17H2,1-2H3. The lowest BCUT2D eigenvalue weighted by Gasteiger charge is -2.30. The van der Waals surface area contributed by atoms with E-state index in [2.05, 4.69) is 57.3 Å². The number of hydrogen-bond donors (Lipinski definition) is 0. The Labute approximate surface area is 225 Å². The third-order valence-corrected chi connectivity index (χ3v) is 8.25. The Bertz CT molecular complexity index is 1490. The molecule has 2 aliphatic rings. The average molecular weight is 538 g/mol. The first kappa shape index (κ1) is 25.8. The summed E-state index contributed by atoms with van der Waals surface area (Å²) in [6.07, 6.45) is 2.80. The highest BCUT2D eigenvalue weighted by atomic mass is 19.3. The first-order valence-electron chi connectivity index (χ1n) is 13.6. The highest BCUT2D eigenvalue weighted by Crippen LogP contribution is 2.32. The van der Waals surface area contributed by atoms with E-state index in [1.165, 1.54) is 11.8 Å². The fourth-order valence-electron chi connectivity index (χ4n) is 5.90. The number of pyridine rings is 1. The van der Waals surface area contributed by atoms with Gasteiger partial charge in [-0.05, 0) is 102 Å². The zero-order valence-corrected chi connectivity index (χ0v) is 22.3. The minimum atomic E-state index is -2.83. The number of rotatable bonds is 6. The van der Waals surface area contributed by atoms with Crippen molar-refractivity contribution in [2.75, 3.05) is 40.3 Å². The van der Waals surface area contributed by atoms with Crippen molar-refractivity contribution in [3.63, 3.8) is 0 Å². The van der Waals surface area contributed by atoms with Crippen molar-refractivity contribution in [3.05, 3.63) is 64.2 Å². The van der Waals surface area contributed by atoms with E-state index in [4.69, 9.17) is 4.42 Å². The number of hydrogen-bond acceptors (Lipinski definition) is 7. The van der Waals surface area contributed by atoms with Crippen molar-refractivity contribution in [2.24, 2.45) is 0 Å². The number of fused-ring (bicyclic) bond motifs is 1. The molecule has 39 heavy (non-hydrogen) atoms. The summed E-state index contributed by atoms with van der Waals surface area (Å²) in [6.45, 7) is 4.39. The zero-order valence-electron chi connectivity index (χ0n) is 22.3. The Morgan fingerprint density at radius 2 is 1.67 bits per heavy atom. The number of benzene rings is 1. The largest absolute Gasteiger partial charge is 0.415 e. The maximum atomic E-state index is 13.9. The van der Waals surface area contributed by atoms with Crippen LogP contribution in [-0.2, 0) is 6.54 Å². The molecule has 0 unspecified atom stereocenters. The molecule has 2 fully saturated rings. The van der Waals surface area contributed by atoms with Crippen molar-refractivity contribution >= 4 is 11.0 Å². The quantitative estimate of drug-likeness (QED) is 0.362. The van der Waals surface area contributed by atoms with Crippen LogP contribution in [0.1, 0.15) is 61.2 Å². The van der Waals surface area contributed by atoms with E-state index in [0.717, 1.165) is 62.9 Å². The molecule has 2 aliphatic heterocycles. The predicted octanol–water partition coefficient (Wildman–Crippen LogP) is 4.31. The zero-order chi connectivity index (χ0) is 27.1. The predicted molar refractivity (Wildman–Crippen MR) is 143 cm³/mol. The lowest BCUT2D eigenvalue weighted by Crippen LogP contribution is -2.36. The smallest absolute Gasteiger partial charge is 0.329 e. The van der Waals surface area contributed by atoms with E-state index < -0.39 is 12.3 Å². The summed E-state index contributed by atoms with van der Waals surface area (Å²) in [6, 6.07) is 10.1. The minimum absolute atomic E-state index is 0.0122. The topological polar surface area (TPSA) is 85.2 Å². The first-order valence-corrected chi connectivity index (χ1v) is 13.6. The lowest BCUT2D eigenvalue weighted by molar-refractivity contribution is 0.116. The third kappa shape index (κ3) is 5.12. The van der Waals surface area contributed by atoms with Crippen LogP contribution in [0.4, 0.5) is 8.78 Å². The molecule has 5 heterocycles. The third-order valence-electron chi connectivity index (χ3n) is 8.25. The molecular formula is C28H33F2N7O2. The summed E-state index contributed by atoms with van der Waals surface area (Å²) in [4.78, 5) is 23.1. The van der Waals surface area contributed by atoms with Gasteiger partial charge in [0, 0.05) is 12.2 Å². The Morgan fingerprint density at radius 3 is 2.31 bits per heavy atom. The van der Waals surface area contributed by atoms with Crippen LogP contribution in [0.15, 0.2) is 45.7 Å². The molecule has 0 atom stereocenters. The molecule has 0 spiro atoms. The van der Waals surface area contributed by atoms with Gasteiger partial charge < -0.3 is 14.2 Å². The second kappa shape index (κ2) is 10.6. The van der Waals surface area contributed by atoms with Crippen molar-refractivity contribution in [1.82, 2.24) is 34.1 Å². The Morgan fingerprint density at radius 1 is 0.949 bits per heavy atom. The highest BCUT2D eigenvalue weighted by molar-refractivity contribution is 5.77. The maximum Gasteiger partial charge on any atom is 0.329 e. The van der Waals surface area contributed by atoms with Crippen LogP contribution in [0.25, 0.3) is 22.5 Å². The van der Waals surface area contributed by atoms with Gasteiger partial charge in [-0.25, -0.2) is 4.79 Å². The van der Waals surface area contributed by atoms with Crippen LogP contribution in [0.3, 0.4) is 0 Å². The van der Waals surface area contributed by atoms with E-state index in [-0.39, 0.29) is 17.6 Å². The normalized spacial score (nSPS) is 18.5. The van der Waals surface area contributed by atoms with Gasteiger partial charge in [-0.2, -0.15) is 8.78 Å². The number of likely N-dealkylation sites (tertiary alicyclic amines) is 2. The molecule has 0 aliphatic carbocycles. The van der Waals surface area contributed by atoms with Crippen molar-refractivity contribution in [1.29, 1.82) is 0 Å². The Kier molecular flexibility index (Phi) is 7.03. The van der Waals surface area contributed by atoms with Gasteiger partial charge in [0.1, 0.15) is 0 Å². The van der Waals surface area contributed by atoms with E-state index in [9.17, 15) is 13.6 Å². The van der Waals surface area contributed by atoms with Crippen molar-refractivity contribution in [2.45, 2.75) is 50.6 Å². The lowest BCUT2D eigenvalue weighted by atomic mass is 9.89. The number of halogens is 2. The molecule has 0 N–H and O–H groups in total. The summed E-state index contributed by atoms with van der Waals surface area (Å²) in [5.74, 6) is -0.233. The maximum absolute atomic E-state index is 13.9. The number of imidazole rings is 1. The number of piperidine rings is 2. The van der Waals surface area contributed by atoms with Gasteiger partial charge in [-0.15, -0.1) is 10.2 Å². The molecule has 0 bridgehead atoms. The monoisotopic (exact) mass is 537 g/mol. The van der Waals surface area contributed by atoms with Gasteiger partial charge in [-0.3, -0.25) is 14.1 Å². The molecule has 11 heteroatoms. The summed E-state index contributed by atoms with van der Waals surface area (Å²) in [5.41, 5.74) is 4.30. The molecule has 3 aromatic heterocycles. The Hall–Kier alpha value is -3.44. The van der Waals surface area contributed by atoms with Crippen LogP contribution in [0.5, 0.6) is 0 Å². The molecule has 206 valence electrons. The fraction of sp³-hybridized carbons (Fsp3) is 0.500. The second-order valence-corrected chi connectivity index (χ2v) is 10.9. The van der Waals surface area contributed by atoms with Gasteiger partial charge in [0.05, 0.1) is 28.8 Å². The van der Waals surface area contributed by atoms with E-state index >= 15 is 0 Å². The molecule has 4 aromatic rings. The fourth-order valence-corrected chi connectivity index (χ4v) is 5.90. The van der Waals surface area contributed by atoms with Crippen molar-refractivity contribution in [3.8, 4) is 11.5 Å². The van der Waals surface area contributed by atoms with Crippen LogP contribution < -0.4 is 5.69 Å². The highest BCUT2D eigenvalue weighted by Gasteiger charge is 2.26. The molecule has 1 aromatic carbocycles. The van der Waals surface area contributed by atoms with Gasteiger partial charge in [0.15, 0.2) is 0 Å². The molecule has 0 amide bonds. The van der Waals surface area contributed by atoms with Crippen LogP contribution in [-0.4, -0.2) is 74.4 Å². The Balaban J connectivity index is 1.34. The van der Waals surface area contributed by atoms with Crippen LogP contribution >= 0.6 is 0 Å². The summed E-state index contributed by atoms with van der Waals surface area (Å²) in [5, 5.41) is 7.06. The molecular weight excluding hydrogens is 504 g/mol. The molecule has 9 nitrogen and oxygen atoms in total. The molecule has 0 radical (unpaired) electrons. The summed E-state index contributed by atoms with van der Waals surface area (Å²) >= 11 is 0. The average Bonchev–Trinajstić information content (AvgIpc) is 3.54. The number of aromatic nitrogens is 5. The first-order chi connectivity index (χ1) is 18.9. The van der Waals surface area contributed by atoms with Gasteiger partial charge in [0.25, 0.3) is 5.89 Å². The van der Waals surface area contributed by atoms with Crippen LogP contribution in [0.2, 0.25) is 0 Å². The molecule has 6 rings (SSSR count). The molecule has 2 saturated heterocycles. The van der Waals surface area contributed by atoms with Crippen LogP contribution in [0, 0.1) is 0 Å². The second-order valence-electron chi connectivity index (χ2n) is 10.9. The van der Waals surface area contributed by atoms with Gasteiger partial charge in [-0.1, -0.05) is 6.07 Å². The number of alkyl halides is 2. The van der Waals surface area contributed by atoms with E-state index in [1.54, 1.807) is 16.7 Å².